The van der Waals surface area contributed by atoms with Crippen LogP contribution in [0.1, 0.15) is 55.7 Å². The van der Waals surface area contributed by atoms with Crippen molar-refractivity contribution in [3.8, 4) is 0 Å². The molecule has 2 atom stereocenters. The summed E-state index contributed by atoms with van der Waals surface area (Å²) in [6.45, 7) is 2.72. The zero-order valence-electron chi connectivity index (χ0n) is 12.2. The molecule has 20 heavy (non-hydrogen) atoms. The van der Waals surface area contributed by atoms with Crippen molar-refractivity contribution in [2.24, 2.45) is 11.7 Å². The second-order valence-electron chi connectivity index (χ2n) is 6.58. The van der Waals surface area contributed by atoms with Crippen molar-refractivity contribution in [1.82, 2.24) is 0 Å². The van der Waals surface area contributed by atoms with E-state index in [9.17, 15) is 4.39 Å². The van der Waals surface area contributed by atoms with Gasteiger partial charge >= 0.3 is 0 Å². The molecule has 110 valence electrons. The van der Waals surface area contributed by atoms with E-state index in [2.05, 4.69) is 0 Å². The number of nitrogens with two attached hydrogens (primary N) is 1. The lowest BCUT2D eigenvalue weighted by Gasteiger charge is -2.40. The Bertz CT molecular complexity index is 462. The van der Waals surface area contributed by atoms with E-state index in [1.54, 1.807) is 12.1 Å². The van der Waals surface area contributed by atoms with Gasteiger partial charge in [-0.05, 0) is 61.8 Å². The predicted octanol–water partition coefficient (Wildman–Crippen LogP) is 3.87. The van der Waals surface area contributed by atoms with Crippen LogP contribution in [0.25, 0.3) is 0 Å². The molecule has 3 rings (SSSR count). The average molecular weight is 277 g/mol. The van der Waals surface area contributed by atoms with E-state index in [1.807, 2.05) is 13.0 Å². The molecule has 0 radical (unpaired) electrons. The van der Waals surface area contributed by atoms with E-state index in [0.717, 1.165) is 30.6 Å². The molecule has 1 aliphatic heterocycles. The minimum Gasteiger partial charge on any atom is -0.375 e. The van der Waals surface area contributed by atoms with Gasteiger partial charge in [-0.15, -0.1) is 0 Å². The molecule has 2 aliphatic rings. The lowest BCUT2D eigenvalue weighted by molar-refractivity contribution is -0.0963. The summed E-state index contributed by atoms with van der Waals surface area (Å²) in [5, 5.41) is 0. The van der Waals surface area contributed by atoms with E-state index in [1.165, 1.54) is 25.7 Å². The topological polar surface area (TPSA) is 35.2 Å². The molecular formula is C17H24FNO. The Balaban J connectivity index is 1.77. The van der Waals surface area contributed by atoms with Crippen LogP contribution in [0, 0.1) is 18.7 Å². The van der Waals surface area contributed by atoms with E-state index < -0.39 is 0 Å². The van der Waals surface area contributed by atoms with Crippen LogP contribution in [0.15, 0.2) is 18.2 Å². The zero-order chi connectivity index (χ0) is 14.2. The molecule has 0 aromatic heterocycles. The largest absolute Gasteiger partial charge is 0.375 e. The highest BCUT2D eigenvalue weighted by molar-refractivity contribution is 5.26. The maximum absolute atomic E-state index is 13.6. The number of ether oxygens (including phenoxy) is 1. The third-order valence-electron chi connectivity index (χ3n) is 5.00. The molecule has 1 heterocycles. The Morgan fingerprint density at radius 1 is 1.30 bits per heavy atom. The molecule has 1 saturated heterocycles. The predicted molar refractivity (Wildman–Crippen MR) is 77.9 cm³/mol. The van der Waals surface area contributed by atoms with E-state index >= 15 is 0 Å². The van der Waals surface area contributed by atoms with Crippen LogP contribution in [0.3, 0.4) is 0 Å². The zero-order valence-corrected chi connectivity index (χ0v) is 12.2. The highest BCUT2D eigenvalue weighted by Gasteiger charge is 2.41. The number of hydrogen-bond acceptors (Lipinski definition) is 2. The first-order chi connectivity index (χ1) is 9.58. The van der Waals surface area contributed by atoms with Gasteiger partial charge < -0.3 is 10.5 Å². The maximum Gasteiger partial charge on any atom is 0.123 e. The smallest absolute Gasteiger partial charge is 0.123 e. The van der Waals surface area contributed by atoms with Crippen molar-refractivity contribution in [1.29, 1.82) is 0 Å². The van der Waals surface area contributed by atoms with E-state index in [4.69, 9.17) is 10.5 Å². The molecule has 1 aromatic rings. The number of aryl methyl sites for hydroxylation is 1. The third-order valence-corrected chi connectivity index (χ3v) is 5.00. The Morgan fingerprint density at radius 3 is 2.75 bits per heavy atom. The van der Waals surface area contributed by atoms with Gasteiger partial charge in [0.05, 0.1) is 5.60 Å². The second kappa shape index (κ2) is 5.45. The molecule has 3 heteroatoms. The van der Waals surface area contributed by atoms with Gasteiger partial charge in [-0.2, -0.15) is 0 Å². The summed E-state index contributed by atoms with van der Waals surface area (Å²) in [5.74, 6) is 0.223. The molecular weight excluding hydrogens is 253 g/mol. The first-order valence-corrected chi connectivity index (χ1v) is 7.75. The van der Waals surface area contributed by atoms with Gasteiger partial charge in [-0.3, -0.25) is 0 Å². The summed E-state index contributed by atoms with van der Waals surface area (Å²) >= 11 is 0. The van der Waals surface area contributed by atoms with Gasteiger partial charge in [0.1, 0.15) is 5.82 Å². The Kier molecular flexibility index (Phi) is 3.83. The summed E-state index contributed by atoms with van der Waals surface area (Å²) in [6, 6.07) is 5.09. The maximum atomic E-state index is 13.6. The number of hydrogen-bond donors (Lipinski definition) is 1. The van der Waals surface area contributed by atoms with Crippen LogP contribution >= 0.6 is 0 Å². The van der Waals surface area contributed by atoms with E-state index in [-0.39, 0.29) is 17.5 Å². The molecule has 1 spiro atoms. The molecule has 1 aliphatic carbocycles. The Hall–Kier alpha value is -0.930. The van der Waals surface area contributed by atoms with Crippen molar-refractivity contribution in [2.75, 3.05) is 6.61 Å². The number of rotatable bonds is 2. The summed E-state index contributed by atoms with van der Waals surface area (Å²) in [7, 11) is 0. The third kappa shape index (κ3) is 2.75. The SMILES string of the molecule is Cc1cc(F)cc(C(N)C2CCOC3(CCCC3)C2)c1. The van der Waals surface area contributed by atoms with Crippen molar-refractivity contribution in [3.63, 3.8) is 0 Å². The number of benzene rings is 1. The van der Waals surface area contributed by atoms with Gasteiger partial charge in [0.25, 0.3) is 0 Å². The number of halogens is 1. The monoisotopic (exact) mass is 277 g/mol. The fraction of sp³-hybridized carbons (Fsp3) is 0.647. The minimum absolute atomic E-state index is 0.0723. The van der Waals surface area contributed by atoms with Crippen LogP contribution in [0.5, 0.6) is 0 Å². The molecule has 2 nitrogen and oxygen atoms in total. The first kappa shape index (κ1) is 14.0. The lowest BCUT2D eigenvalue weighted by atomic mass is 9.79. The summed E-state index contributed by atoms with van der Waals surface area (Å²) in [6.07, 6.45) is 6.88. The van der Waals surface area contributed by atoms with Gasteiger partial charge in [0.2, 0.25) is 0 Å². The fourth-order valence-corrected chi connectivity index (χ4v) is 3.97. The Labute approximate surface area is 120 Å². The molecule has 2 unspecified atom stereocenters. The molecule has 0 amide bonds. The van der Waals surface area contributed by atoms with Crippen LogP contribution in [0.2, 0.25) is 0 Å². The molecule has 0 bridgehead atoms. The lowest BCUT2D eigenvalue weighted by Crippen LogP contribution is -2.40. The van der Waals surface area contributed by atoms with E-state index in [0.29, 0.717) is 5.92 Å². The van der Waals surface area contributed by atoms with Crippen molar-refractivity contribution >= 4 is 0 Å². The van der Waals surface area contributed by atoms with Crippen molar-refractivity contribution in [3.05, 3.63) is 35.1 Å². The Morgan fingerprint density at radius 2 is 2.05 bits per heavy atom. The van der Waals surface area contributed by atoms with Crippen LogP contribution in [0.4, 0.5) is 4.39 Å². The fourth-order valence-electron chi connectivity index (χ4n) is 3.97. The van der Waals surface area contributed by atoms with Gasteiger partial charge in [-0.1, -0.05) is 18.9 Å². The highest BCUT2D eigenvalue weighted by atomic mass is 19.1. The average Bonchev–Trinajstić information content (AvgIpc) is 2.85. The van der Waals surface area contributed by atoms with Gasteiger partial charge in [-0.25, -0.2) is 4.39 Å². The summed E-state index contributed by atoms with van der Waals surface area (Å²) in [5.41, 5.74) is 8.38. The van der Waals surface area contributed by atoms with Crippen molar-refractivity contribution in [2.45, 2.75) is 57.1 Å². The molecule has 2 N–H and O–H groups in total. The second-order valence-corrected chi connectivity index (χ2v) is 6.58. The highest BCUT2D eigenvalue weighted by Crippen LogP contribution is 2.44. The molecule has 1 aromatic carbocycles. The summed E-state index contributed by atoms with van der Waals surface area (Å²) < 4.78 is 19.6. The standard InChI is InChI=1S/C17H24FNO/c1-12-8-14(10-15(18)9-12)16(19)13-4-7-20-17(11-13)5-2-3-6-17/h8-10,13,16H,2-7,11,19H2,1H3. The quantitative estimate of drug-likeness (QED) is 0.890. The van der Waals surface area contributed by atoms with Crippen LogP contribution in [-0.2, 0) is 4.74 Å². The normalized spacial score (nSPS) is 26.9. The first-order valence-electron chi connectivity index (χ1n) is 7.75. The van der Waals surface area contributed by atoms with Crippen LogP contribution in [-0.4, -0.2) is 12.2 Å². The van der Waals surface area contributed by atoms with Gasteiger partial charge in [0.15, 0.2) is 0 Å². The molecule has 2 fully saturated rings. The molecule has 1 saturated carbocycles. The summed E-state index contributed by atoms with van der Waals surface area (Å²) in [4.78, 5) is 0. The van der Waals surface area contributed by atoms with Crippen molar-refractivity contribution < 1.29 is 9.13 Å². The van der Waals surface area contributed by atoms with Crippen LogP contribution < -0.4 is 5.73 Å². The van der Waals surface area contributed by atoms with Gasteiger partial charge in [0, 0.05) is 12.6 Å². The minimum atomic E-state index is -0.182.